The summed E-state index contributed by atoms with van der Waals surface area (Å²) >= 11 is 11.6. The molecule has 0 aromatic carbocycles. The fraction of sp³-hybridized carbons (Fsp3) is 0.300. The third kappa shape index (κ3) is 3.66. The third-order valence-electron chi connectivity index (χ3n) is 1.59. The molecule has 0 aliphatic rings. The smallest absolute Gasteiger partial charge is 0.129 e. The normalized spacial score (nSPS) is 10.1. The number of nitrogens with zero attached hydrogens (tertiary/aromatic N) is 1. The van der Waals surface area contributed by atoms with E-state index in [2.05, 4.69) is 11.6 Å². The number of rotatable bonds is 5. The van der Waals surface area contributed by atoms with E-state index < -0.39 is 0 Å². The largest absolute Gasteiger partial charge is 0.375 e. The standard InChI is InChI=1S/C10H11Cl2NO/c1-2-3-6-14-7-9-8(11)4-5-10(12)13-9/h2,4-5H,1,3,6-7H2. The minimum atomic E-state index is 0.382. The molecule has 1 heterocycles. The molecule has 0 bridgehead atoms. The summed E-state index contributed by atoms with van der Waals surface area (Å²) in [6, 6.07) is 3.36. The Morgan fingerprint density at radius 3 is 2.93 bits per heavy atom. The SMILES string of the molecule is C=CCCOCc1nc(Cl)ccc1Cl. The van der Waals surface area contributed by atoms with Gasteiger partial charge in [0.2, 0.25) is 0 Å². The van der Waals surface area contributed by atoms with Gasteiger partial charge in [0, 0.05) is 0 Å². The molecule has 0 aliphatic carbocycles. The molecule has 0 saturated carbocycles. The fourth-order valence-electron chi connectivity index (χ4n) is 0.894. The van der Waals surface area contributed by atoms with Crippen molar-refractivity contribution in [3.05, 3.63) is 40.7 Å². The average molecular weight is 232 g/mol. The Bertz CT molecular complexity index is 315. The molecular formula is C10H11Cl2NO. The number of pyridine rings is 1. The van der Waals surface area contributed by atoms with Crippen molar-refractivity contribution in [2.24, 2.45) is 0 Å². The fourth-order valence-corrected chi connectivity index (χ4v) is 1.22. The van der Waals surface area contributed by atoms with E-state index in [1.54, 1.807) is 18.2 Å². The highest BCUT2D eigenvalue weighted by molar-refractivity contribution is 6.32. The molecule has 0 spiro atoms. The van der Waals surface area contributed by atoms with E-state index in [0.717, 1.165) is 6.42 Å². The molecule has 76 valence electrons. The van der Waals surface area contributed by atoms with E-state index >= 15 is 0 Å². The van der Waals surface area contributed by atoms with Gasteiger partial charge in [0.25, 0.3) is 0 Å². The van der Waals surface area contributed by atoms with E-state index in [0.29, 0.717) is 29.1 Å². The van der Waals surface area contributed by atoms with Gasteiger partial charge < -0.3 is 4.74 Å². The van der Waals surface area contributed by atoms with Crippen LogP contribution in [0.4, 0.5) is 0 Å². The van der Waals surface area contributed by atoms with Gasteiger partial charge in [-0.15, -0.1) is 6.58 Å². The number of aromatic nitrogens is 1. The van der Waals surface area contributed by atoms with Crippen LogP contribution < -0.4 is 0 Å². The lowest BCUT2D eigenvalue weighted by Gasteiger charge is -2.04. The summed E-state index contributed by atoms with van der Waals surface area (Å²) in [6.07, 6.45) is 2.62. The Hall–Kier alpha value is -0.570. The third-order valence-corrected chi connectivity index (χ3v) is 2.14. The first kappa shape index (κ1) is 11.5. The highest BCUT2D eigenvalue weighted by atomic mass is 35.5. The van der Waals surface area contributed by atoms with Gasteiger partial charge in [0.05, 0.1) is 23.9 Å². The molecule has 0 N–H and O–H groups in total. The molecular weight excluding hydrogens is 221 g/mol. The van der Waals surface area contributed by atoms with Crippen LogP contribution in [-0.2, 0) is 11.3 Å². The van der Waals surface area contributed by atoms with Crippen LogP contribution in [0.15, 0.2) is 24.8 Å². The number of halogens is 2. The molecule has 0 fully saturated rings. The molecule has 0 unspecified atom stereocenters. The summed E-state index contributed by atoms with van der Waals surface area (Å²) in [7, 11) is 0. The number of hydrogen-bond acceptors (Lipinski definition) is 2. The minimum absolute atomic E-state index is 0.382. The Morgan fingerprint density at radius 2 is 2.21 bits per heavy atom. The second-order valence-corrected chi connectivity index (χ2v) is 3.49. The van der Waals surface area contributed by atoms with Gasteiger partial charge in [0.15, 0.2) is 0 Å². The van der Waals surface area contributed by atoms with Gasteiger partial charge in [-0.05, 0) is 18.6 Å². The van der Waals surface area contributed by atoms with Crippen molar-refractivity contribution in [2.75, 3.05) is 6.61 Å². The Labute approximate surface area is 93.5 Å². The highest BCUT2D eigenvalue weighted by Crippen LogP contribution is 2.17. The summed E-state index contributed by atoms with van der Waals surface area (Å²) in [6.45, 7) is 4.60. The lowest BCUT2D eigenvalue weighted by Crippen LogP contribution is -1.98. The Kier molecular flexibility index (Phi) is 4.94. The summed E-state index contributed by atoms with van der Waals surface area (Å²) in [5, 5.41) is 1.00. The molecule has 14 heavy (non-hydrogen) atoms. The molecule has 1 aromatic rings. The van der Waals surface area contributed by atoms with Crippen LogP contribution >= 0.6 is 23.2 Å². The van der Waals surface area contributed by atoms with Gasteiger partial charge in [-0.25, -0.2) is 4.98 Å². The predicted molar refractivity (Wildman–Crippen MR) is 58.7 cm³/mol. The van der Waals surface area contributed by atoms with Crippen LogP contribution in [-0.4, -0.2) is 11.6 Å². The van der Waals surface area contributed by atoms with Crippen molar-refractivity contribution in [1.29, 1.82) is 0 Å². The molecule has 0 atom stereocenters. The molecule has 1 aromatic heterocycles. The van der Waals surface area contributed by atoms with Crippen molar-refractivity contribution in [3.8, 4) is 0 Å². The van der Waals surface area contributed by atoms with E-state index in [1.807, 2.05) is 0 Å². The summed E-state index contributed by atoms with van der Waals surface area (Å²) in [5.74, 6) is 0. The molecule has 0 aliphatic heterocycles. The van der Waals surface area contributed by atoms with Crippen LogP contribution in [0.1, 0.15) is 12.1 Å². The zero-order chi connectivity index (χ0) is 10.4. The molecule has 0 saturated heterocycles. The first-order valence-corrected chi connectivity index (χ1v) is 4.99. The van der Waals surface area contributed by atoms with E-state index in [-0.39, 0.29) is 0 Å². The van der Waals surface area contributed by atoms with Crippen LogP contribution in [0.25, 0.3) is 0 Å². The second-order valence-electron chi connectivity index (χ2n) is 2.69. The average Bonchev–Trinajstić information content (AvgIpc) is 2.18. The molecule has 0 radical (unpaired) electrons. The highest BCUT2D eigenvalue weighted by Gasteiger charge is 2.02. The van der Waals surface area contributed by atoms with Crippen molar-refractivity contribution >= 4 is 23.2 Å². The van der Waals surface area contributed by atoms with Gasteiger partial charge in [0.1, 0.15) is 5.15 Å². The molecule has 4 heteroatoms. The van der Waals surface area contributed by atoms with Crippen molar-refractivity contribution in [2.45, 2.75) is 13.0 Å². The molecule has 0 amide bonds. The summed E-state index contributed by atoms with van der Waals surface area (Å²) in [4.78, 5) is 4.05. The lowest BCUT2D eigenvalue weighted by atomic mass is 10.3. The van der Waals surface area contributed by atoms with E-state index in [9.17, 15) is 0 Å². The van der Waals surface area contributed by atoms with Crippen LogP contribution in [0.2, 0.25) is 10.2 Å². The summed E-state index contributed by atoms with van der Waals surface area (Å²) < 4.78 is 5.32. The van der Waals surface area contributed by atoms with Crippen LogP contribution in [0, 0.1) is 0 Å². The number of ether oxygens (including phenoxy) is 1. The quantitative estimate of drug-likeness (QED) is 0.440. The van der Waals surface area contributed by atoms with Gasteiger partial charge in [-0.1, -0.05) is 29.3 Å². The maximum atomic E-state index is 5.89. The Balaban J connectivity index is 2.49. The first-order chi connectivity index (χ1) is 6.74. The minimum Gasteiger partial charge on any atom is -0.375 e. The van der Waals surface area contributed by atoms with Crippen LogP contribution in [0.3, 0.4) is 0 Å². The molecule has 2 nitrogen and oxygen atoms in total. The zero-order valence-electron chi connectivity index (χ0n) is 7.67. The van der Waals surface area contributed by atoms with Gasteiger partial charge in [-0.2, -0.15) is 0 Å². The molecule has 1 rings (SSSR count). The topological polar surface area (TPSA) is 22.1 Å². The number of hydrogen-bond donors (Lipinski definition) is 0. The van der Waals surface area contributed by atoms with Crippen molar-refractivity contribution in [1.82, 2.24) is 4.98 Å². The first-order valence-electron chi connectivity index (χ1n) is 4.23. The second kappa shape index (κ2) is 6.02. The van der Waals surface area contributed by atoms with E-state index in [4.69, 9.17) is 27.9 Å². The predicted octanol–water partition coefficient (Wildman–Crippen LogP) is 3.48. The Morgan fingerprint density at radius 1 is 1.43 bits per heavy atom. The monoisotopic (exact) mass is 231 g/mol. The summed E-state index contributed by atoms with van der Waals surface area (Å²) in [5.41, 5.74) is 0.670. The van der Waals surface area contributed by atoms with Gasteiger partial charge >= 0.3 is 0 Å². The van der Waals surface area contributed by atoms with Crippen LogP contribution in [0.5, 0.6) is 0 Å². The maximum Gasteiger partial charge on any atom is 0.129 e. The van der Waals surface area contributed by atoms with E-state index in [1.165, 1.54) is 0 Å². The van der Waals surface area contributed by atoms with Crippen molar-refractivity contribution in [3.63, 3.8) is 0 Å². The maximum absolute atomic E-state index is 5.89. The zero-order valence-corrected chi connectivity index (χ0v) is 9.18. The lowest BCUT2D eigenvalue weighted by molar-refractivity contribution is 0.123. The van der Waals surface area contributed by atoms with Crippen molar-refractivity contribution < 1.29 is 4.74 Å². The van der Waals surface area contributed by atoms with Gasteiger partial charge in [-0.3, -0.25) is 0 Å².